The fourth-order valence-corrected chi connectivity index (χ4v) is 10.6. The number of rotatable bonds is 9. The molecule has 4 aliphatic rings. The average molecular weight is 801 g/mol. The SMILES string of the molecule is C.C.CN1CCC(S(=O)(=O)c2ccc3c(c2)/C(=N/O)c2cc(S(=O)(=O)N4CCNCC4)ccc2-3)CC1.NCCNc1ccc([N+](=O)[O-])c(N2CCCCC2)c1. The number of nitro groups is 1. The topological polar surface area (TPSA) is 204 Å². The minimum Gasteiger partial charge on any atom is -0.410 e. The second kappa shape index (κ2) is 18.7. The molecule has 0 saturated carbocycles. The van der Waals surface area contributed by atoms with E-state index in [9.17, 15) is 32.2 Å². The van der Waals surface area contributed by atoms with Gasteiger partial charge in [0, 0.05) is 75.2 Å². The minimum atomic E-state index is -3.70. The van der Waals surface area contributed by atoms with Crippen LogP contribution in [0.3, 0.4) is 0 Å². The molecule has 15 nitrogen and oxygen atoms in total. The summed E-state index contributed by atoms with van der Waals surface area (Å²) in [7, 11) is -5.26. The summed E-state index contributed by atoms with van der Waals surface area (Å²) in [4.78, 5) is 15.4. The number of nitrogens with one attached hydrogen (secondary N) is 2. The Balaban J connectivity index is 0.000000274. The predicted molar refractivity (Wildman–Crippen MR) is 219 cm³/mol. The highest BCUT2D eigenvalue weighted by Gasteiger charge is 2.35. The Labute approximate surface area is 325 Å². The van der Waals surface area contributed by atoms with Gasteiger partial charge in [-0.15, -0.1) is 0 Å². The predicted octanol–water partition coefficient (Wildman–Crippen LogP) is 4.58. The van der Waals surface area contributed by atoms with Gasteiger partial charge < -0.3 is 31.4 Å². The summed E-state index contributed by atoms with van der Waals surface area (Å²) in [6.07, 6.45) is 4.54. The van der Waals surface area contributed by atoms with Gasteiger partial charge in [-0.25, -0.2) is 16.8 Å². The maximum Gasteiger partial charge on any atom is 0.292 e. The Morgan fingerprint density at radius 2 is 1.45 bits per heavy atom. The van der Waals surface area contributed by atoms with Crippen LogP contribution in [-0.2, 0) is 19.9 Å². The van der Waals surface area contributed by atoms with Crippen LogP contribution >= 0.6 is 0 Å². The maximum absolute atomic E-state index is 13.3. The summed E-state index contributed by atoms with van der Waals surface area (Å²) in [5.74, 6) is 0. The van der Waals surface area contributed by atoms with Crippen LogP contribution in [0.15, 0.2) is 69.5 Å². The molecule has 1 aliphatic carbocycles. The highest BCUT2D eigenvalue weighted by Crippen LogP contribution is 2.40. The van der Waals surface area contributed by atoms with E-state index in [4.69, 9.17) is 5.73 Å². The van der Waals surface area contributed by atoms with Gasteiger partial charge in [-0.3, -0.25) is 10.1 Å². The average Bonchev–Trinajstić information content (AvgIpc) is 3.50. The van der Waals surface area contributed by atoms with E-state index in [0.29, 0.717) is 74.5 Å². The zero-order valence-corrected chi connectivity index (χ0v) is 31.5. The van der Waals surface area contributed by atoms with E-state index in [1.807, 2.05) is 13.1 Å². The van der Waals surface area contributed by atoms with Gasteiger partial charge in [-0.2, -0.15) is 4.31 Å². The molecule has 0 unspecified atom stereocenters. The number of oxime groups is 1. The Kier molecular flexibility index (Phi) is 14.8. The molecule has 0 amide bonds. The zero-order valence-electron chi connectivity index (χ0n) is 29.9. The molecule has 0 aromatic heterocycles. The van der Waals surface area contributed by atoms with E-state index in [2.05, 4.69) is 25.6 Å². The summed E-state index contributed by atoms with van der Waals surface area (Å²) in [5.41, 5.74) is 9.81. The fourth-order valence-electron chi connectivity index (χ4n) is 7.41. The number of nitrogens with zero attached hydrogens (tertiary/aromatic N) is 5. The largest absolute Gasteiger partial charge is 0.410 e. The van der Waals surface area contributed by atoms with E-state index in [-0.39, 0.29) is 41.0 Å². The van der Waals surface area contributed by atoms with E-state index >= 15 is 0 Å². The molecule has 0 spiro atoms. The Morgan fingerprint density at radius 1 is 0.855 bits per heavy atom. The lowest BCUT2D eigenvalue weighted by Crippen LogP contribution is -2.46. The van der Waals surface area contributed by atoms with Crippen molar-refractivity contribution < 1.29 is 27.0 Å². The maximum atomic E-state index is 13.3. The van der Waals surface area contributed by atoms with Gasteiger partial charge in [0.2, 0.25) is 10.0 Å². The lowest BCUT2D eigenvalue weighted by atomic mass is 10.1. The number of hydrogen-bond donors (Lipinski definition) is 4. The first-order chi connectivity index (χ1) is 25.4. The van der Waals surface area contributed by atoms with Crippen LogP contribution in [0.25, 0.3) is 11.1 Å². The van der Waals surface area contributed by atoms with Gasteiger partial charge in [0.1, 0.15) is 11.4 Å². The Morgan fingerprint density at radius 3 is 2.04 bits per heavy atom. The first-order valence-corrected chi connectivity index (χ1v) is 21.1. The van der Waals surface area contributed by atoms with Crippen molar-refractivity contribution in [3.63, 3.8) is 0 Å². The molecule has 55 heavy (non-hydrogen) atoms. The summed E-state index contributed by atoms with van der Waals surface area (Å²) in [6.45, 7) is 6.40. The van der Waals surface area contributed by atoms with Gasteiger partial charge in [-0.05, 0) is 99.8 Å². The molecule has 3 aromatic carbocycles. The van der Waals surface area contributed by atoms with Crippen LogP contribution in [-0.4, -0.2) is 120 Å². The van der Waals surface area contributed by atoms with Gasteiger partial charge in [-0.1, -0.05) is 32.1 Å². The summed E-state index contributed by atoms with van der Waals surface area (Å²) in [5, 5.41) is 30.3. The standard InChI is InChI=1S/C23H28N4O5S2.C13H20N4O2.2CH4/c1-26-10-6-16(7-11-26)33(29,30)17-2-4-19-20-5-3-18(15-22(20)23(25-28)21(19)14-17)34(31,32)27-12-8-24-9-13-27;14-6-7-15-11-4-5-12(17(18)19)13(10-11)16-8-2-1-3-9-16;;/h2-5,14-16,24,28H,6-13H2,1H3;4-5,10,15H,1-3,6-9,14H2;2*1H4/b25-23-;;;. The highest BCUT2D eigenvalue weighted by molar-refractivity contribution is 7.92. The quantitative estimate of drug-likeness (QED) is 0.104. The number of anilines is 2. The number of sulfone groups is 1. The van der Waals surface area contributed by atoms with Crippen molar-refractivity contribution in [1.29, 1.82) is 0 Å². The number of nitro benzene ring substituents is 1. The van der Waals surface area contributed by atoms with Crippen LogP contribution in [0, 0.1) is 10.1 Å². The minimum absolute atomic E-state index is 0. The molecule has 0 atom stereocenters. The third-order valence-electron chi connectivity index (χ3n) is 10.4. The zero-order chi connectivity index (χ0) is 37.8. The number of hydrogen-bond acceptors (Lipinski definition) is 13. The monoisotopic (exact) mass is 800 g/mol. The second-order valence-electron chi connectivity index (χ2n) is 13.8. The summed E-state index contributed by atoms with van der Waals surface area (Å²) in [6, 6.07) is 14.8. The van der Waals surface area contributed by atoms with E-state index in [0.717, 1.165) is 50.3 Å². The Bertz CT molecular complexity index is 2060. The number of likely N-dealkylation sites (tertiary alicyclic amines) is 1. The van der Waals surface area contributed by atoms with Crippen LogP contribution in [0.1, 0.15) is 58.1 Å². The molecule has 17 heteroatoms. The molecule has 3 aliphatic heterocycles. The molecule has 7 rings (SSSR count). The molecule has 3 fully saturated rings. The molecule has 3 aromatic rings. The Hall–Kier alpha value is -4.13. The number of fused-ring (bicyclic) bond motifs is 3. The van der Waals surface area contributed by atoms with Crippen molar-refractivity contribution in [3.8, 4) is 11.1 Å². The molecule has 0 radical (unpaired) electrons. The third-order valence-corrected chi connectivity index (χ3v) is 14.5. The lowest BCUT2D eigenvalue weighted by Gasteiger charge is -2.28. The molecule has 3 heterocycles. The normalized spacial score (nSPS) is 18.6. The summed E-state index contributed by atoms with van der Waals surface area (Å²) < 4.78 is 54.4. The van der Waals surface area contributed by atoms with Crippen molar-refractivity contribution in [2.75, 3.05) is 82.7 Å². The van der Waals surface area contributed by atoms with Crippen molar-refractivity contribution >= 4 is 42.6 Å². The van der Waals surface area contributed by atoms with Crippen LogP contribution < -0.4 is 21.3 Å². The molecule has 5 N–H and O–H groups in total. The first kappa shape index (κ1) is 43.6. The number of benzene rings is 3. The summed E-state index contributed by atoms with van der Waals surface area (Å²) >= 11 is 0. The molecule has 0 bridgehead atoms. The highest BCUT2D eigenvalue weighted by atomic mass is 32.2. The van der Waals surface area contributed by atoms with Gasteiger partial charge in [0.05, 0.1) is 20.0 Å². The lowest BCUT2D eigenvalue weighted by molar-refractivity contribution is -0.384. The van der Waals surface area contributed by atoms with Gasteiger partial charge >= 0.3 is 0 Å². The third kappa shape index (κ3) is 9.30. The van der Waals surface area contributed by atoms with Crippen LogP contribution in [0.2, 0.25) is 0 Å². The van der Waals surface area contributed by atoms with Gasteiger partial charge in [0.15, 0.2) is 9.84 Å². The van der Waals surface area contributed by atoms with E-state index < -0.39 is 25.1 Å². The number of sulfonamides is 1. The molecule has 3 saturated heterocycles. The number of piperidine rings is 2. The van der Waals surface area contributed by atoms with Crippen molar-refractivity contribution in [1.82, 2.24) is 14.5 Å². The number of piperazine rings is 1. The molecular weight excluding hydrogens is 745 g/mol. The van der Waals surface area contributed by atoms with Crippen molar-refractivity contribution in [2.24, 2.45) is 10.9 Å². The molecular formula is C38H56N8O7S2. The smallest absolute Gasteiger partial charge is 0.292 e. The van der Waals surface area contributed by atoms with Gasteiger partial charge in [0.25, 0.3) is 5.69 Å². The fraction of sp³-hybridized carbons (Fsp3) is 0.500. The van der Waals surface area contributed by atoms with E-state index in [1.54, 1.807) is 42.5 Å². The number of nitrogens with two attached hydrogens (primary N) is 1. The molecule has 302 valence electrons. The van der Waals surface area contributed by atoms with Crippen LogP contribution in [0.4, 0.5) is 17.1 Å². The van der Waals surface area contributed by atoms with Crippen molar-refractivity contribution in [3.05, 3.63) is 75.8 Å². The second-order valence-corrected chi connectivity index (χ2v) is 18.0. The van der Waals surface area contributed by atoms with Crippen LogP contribution in [0.5, 0.6) is 0 Å². The van der Waals surface area contributed by atoms with Crippen molar-refractivity contribution in [2.45, 2.75) is 62.0 Å². The first-order valence-electron chi connectivity index (χ1n) is 18.1. The van der Waals surface area contributed by atoms with E-state index in [1.165, 1.54) is 16.8 Å².